The molecule has 2 rings (SSSR count). The van der Waals surface area contributed by atoms with Gasteiger partial charge in [-0.25, -0.2) is 9.78 Å². The molecule has 1 aromatic carbocycles. The van der Waals surface area contributed by atoms with E-state index in [-0.39, 0.29) is 11.5 Å². The first-order chi connectivity index (χ1) is 10.0. The van der Waals surface area contributed by atoms with Crippen molar-refractivity contribution in [2.24, 2.45) is 5.73 Å². The van der Waals surface area contributed by atoms with Crippen LogP contribution < -0.4 is 26.7 Å². The lowest BCUT2D eigenvalue weighted by molar-refractivity contribution is 0.209. The molecule has 0 unspecified atom stereocenters. The third-order valence-electron chi connectivity index (χ3n) is 2.55. The standard InChI is InChI=1S/C13H14N4O3S/c1-21-10-6-7(2-3-8(10)20-13(16)18)19-9-4-5-17-12(15)11(9)14/h2-6H,14H2,1H3,(H2,15,17)(H2,16,18). The number of benzene rings is 1. The molecular weight excluding hydrogens is 292 g/mol. The van der Waals surface area contributed by atoms with Gasteiger partial charge in [0.1, 0.15) is 23.0 Å². The van der Waals surface area contributed by atoms with Gasteiger partial charge in [-0.2, -0.15) is 0 Å². The zero-order valence-corrected chi connectivity index (χ0v) is 12.0. The molecule has 110 valence electrons. The summed E-state index contributed by atoms with van der Waals surface area (Å²) >= 11 is 1.39. The van der Waals surface area contributed by atoms with Crippen LogP contribution in [0.4, 0.5) is 16.3 Å². The number of nitrogens with zero attached hydrogens (tertiary/aromatic N) is 1. The summed E-state index contributed by atoms with van der Waals surface area (Å²) in [5.74, 6) is 1.49. The lowest BCUT2D eigenvalue weighted by atomic mass is 10.3. The summed E-state index contributed by atoms with van der Waals surface area (Å²) in [6.45, 7) is 0. The van der Waals surface area contributed by atoms with E-state index in [2.05, 4.69) is 4.98 Å². The monoisotopic (exact) mass is 306 g/mol. The summed E-state index contributed by atoms with van der Waals surface area (Å²) in [6, 6.07) is 6.54. The molecule has 8 heteroatoms. The number of carbonyl (C=O) groups excluding carboxylic acids is 1. The minimum Gasteiger partial charge on any atom is -0.455 e. The van der Waals surface area contributed by atoms with E-state index in [4.69, 9.17) is 26.7 Å². The van der Waals surface area contributed by atoms with Gasteiger partial charge in [0.15, 0.2) is 5.75 Å². The molecule has 7 nitrogen and oxygen atoms in total. The highest BCUT2D eigenvalue weighted by Gasteiger charge is 2.10. The lowest BCUT2D eigenvalue weighted by Crippen LogP contribution is -2.16. The smallest absolute Gasteiger partial charge is 0.410 e. The number of amides is 1. The summed E-state index contributed by atoms with van der Waals surface area (Å²) in [5, 5.41) is 0. The number of anilines is 2. The zero-order valence-electron chi connectivity index (χ0n) is 11.2. The van der Waals surface area contributed by atoms with Crippen molar-refractivity contribution in [3.8, 4) is 17.2 Å². The number of pyridine rings is 1. The van der Waals surface area contributed by atoms with Crippen molar-refractivity contribution in [3.05, 3.63) is 30.5 Å². The van der Waals surface area contributed by atoms with E-state index in [0.29, 0.717) is 22.1 Å². The van der Waals surface area contributed by atoms with Gasteiger partial charge in [0, 0.05) is 12.3 Å². The van der Waals surface area contributed by atoms with Crippen LogP contribution in [0.15, 0.2) is 35.4 Å². The topological polar surface area (TPSA) is 126 Å². The quantitative estimate of drug-likeness (QED) is 0.739. The van der Waals surface area contributed by atoms with Crippen LogP contribution in [0.3, 0.4) is 0 Å². The highest BCUT2D eigenvalue weighted by Crippen LogP contribution is 2.35. The van der Waals surface area contributed by atoms with E-state index in [9.17, 15) is 4.79 Å². The summed E-state index contributed by atoms with van der Waals surface area (Å²) in [5.41, 5.74) is 16.7. The molecule has 0 atom stereocenters. The Morgan fingerprint density at radius 3 is 2.67 bits per heavy atom. The molecule has 0 radical (unpaired) electrons. The van der Waals surface area contributed by atoms with Crippen molar-refractivity contribution in [3.63, 3.8) is 0 Å². The minimum absolute atomic E-state index is 0.200. The van der Waals surface area contributed by atoms with Crippen LogP contribution in [0.5, 0.6) is 17.2 Å². The number of carbonyl (C=O) groups is 1. The Kier molecular flexibility index (Phi) is 4.39. The molecule has 1 aromatic heterocycles. The molecular formula is C13H14N4O3S. The van der Waals surface area contributed by atoms with Gasteiger partial charge in [-0.05, 0) is 24.5 Å². The van der Waals surface area contributed by atoms with Crippen LogP contribution in [-0.2, 0) is 0 Å². The van der Waals surface area contributed by atoms with Crippen molar-refractivity contribution in [1.29, 1.82) is 0 Å². The summed E-state index contributed by atoms with van der Waals surface area (Å²) in [4.78, 5) is 15.4. The van der Waals surface area contributed by atoms with Gasteiger partial charge in [-0.1, -0.05) is 0 Å². The molecule has 0 aliphatic heterocycles. The minimum atomic E-state index is -0.870. The van der Waals surface area contributed by atoms with E-state index in [0.717, 1.165) is 0 Å². The Morgan fingerprint density at radius 1 is 1.24 bits per heavy atom. The number of hydrogen-bond acceptors (Lipinski definition) is 7. The van der Waals surface area contributed by atoms with Crippen LogP contribution in [0.2, 0.25) is 0 Å². The second-order valence-electron chi connectivity index (χ2n) is 3.94. The lowest BCUT2D eigenvalue weighted by Gasteiger charge is -2.12. The molecule has 6 N–H and O–H groups in total. The maximum Gasteiger partial charge on any atom is 0.410 e. The van der Waals surface area contributed by atoms with Gasteiger partial charge in [0.05, 0.1) is 4.90 Å². The van der Waals surface area contributed by atoms with Crippen molar-refractivity contribution < 1.29 is 14.3 Å². The van der Waals surface area contributed by atoms with Crippen molar-refractivity contribution in [2.45, 2.75) is 4.90 Å². The Morgan fingerprint density at radius 2 is 2.00 bits per heavy atom. The van der Waals surface area contributed by atoms with Gasteiger partial charge < -0.3 is 26.7 Å². The Hall–Kier alpha value is -2.61. The van der Waals surface area contributed by atoms with Gasteiger partial charge in [0.25, 0.3) is 0 Å². The number of aromatic nitrogens is 1. The van der Waals surface area contributed by atoms with Crippen LogP contribution in [0.1, 0.15) is 0 Å². The molecule has 0 saturated heterocycles. The van der Waals surface area contributed by atoms with Crippen molar-refractivity contribution in [1.82, 2.24) is 4.98 Å². The van der Waals surface area contributed by atoms with Gasteiger partial charge in [-0.3, -0.25) is 0 Å². The van der Waals surface area contributed by atoms with Gasteiger partial charge in [0.2, 0.25) is 0 Å². The normalized spacial score (nSPS) is 10.1. The first-order valence-electron chi connectivity index (χ1n) is 5.84. The molecule has 0 aliphatic rings. The number of hydrogen-bond donors (Lipinski definition) is 3. The van der Waals surface area contributed by atoms with Crippen molar-refractivity contribution in [2.75, 3.05) is 17.7 Å². The number of nitrogen functional groups attached to an aromatic ring is 2. The van der Waals surface area contributed by atoms with Gasteiger partial charge in [-0.15, -0.1) is 11.8 Å². The number of primary amides is 1. The fraction of sp³-hybridized carbons (Fsp3) is 0.0769. The summed E-state index contributed by atoms with van der Waals surface area (Å²) in [6.07, 6.45) is 2.47. The molecule has 21 heavy (non-hydrogen) atoms. The van der Waals surface area contributed by atoms with Crippen LogP contribution in [0, 0.1) is 0 Å². The van der Waals surface area contributed by atoms with E-state index in [1.54, 1.807) is 24.3 Å². The number of rotatable bonds is 4. The fourth-order valence-electron chi connectivity index (χ4n) is 1.59. The van der Waals surface area contributed by atoms with E-state index in [1.165, 1.54) is 18.0 Å². The molecule has 0 bridgehead atoms. The molecule has 0 saturated carbocycles. The molecule has 0 spiro atoms. The highest BCUT2D eigenvalue weighted by atomic mass is 32.2. The van der Waals surface area contributed by atoms with Crippen molar-refractivity contribution >= 4 is 29.4 Å². The Labute approximate surface area is 125 Å². The Balaban J connectivity index is 2.29. The molecule has 1 heterocycles. The molecule has 2 aromatic rings. The third-order valence-corrected chi connectivity index (χ3v) is 3.31. The number of nitrogens with two attached hydrogens (primary N) is 3. The first-order valence-corrected chi connectivity index (χ1v) is 7.07. The van der Waals surface area contributed by atoms with Gasteiger partial charge >= 0.3 is 6.09 Å². The SMILES string of the molecule is CSc1cc(Oc2ccnc(N)c2N)ccc1OC(N)=O. The predicted molar refractivity (Wildman–Crippen MR) is 81.6 cm³/mol. The molecule has 0 aliphatic carbocycles. The average molecular weight is 306 g/mol. The fourth-order valence-corrected chi connectivity index (χ4v) is 2.14. The first kappa shape index (κ1) is 14.8. The largest absolute Gasteiger partial charge is 0.455 e. The van der Waals surface area contributed by atoms with Crippen LogP contribution in [-0.4, -0.2) is 17.3 Å². The third kappa shape index (κ3) is 3.48. The predicted octanol–water partition coefficient (Wildman–Crippen LogP) is 2.22. The molecule has 1 amide bonds. The maximum absolute atomic E-state index is 10.8. The number of ether oxygens (including phenoxy) is 2. The summed E-state index contributed by atoms with van der Waals surface area (Å²) in [7, 11) is 0. The number of thioether (sulfide) groups is 1. The average Bonchev–Trinajstić information content (AvgIpc) is 2.45. The van der Waals surface area contributed by atoms with Crippen LogP contribution in [0.25, 0.3) is 0 Å². The van der Waals surface area contributed by atoms with Crippen LogP contribution >= 0.6 is 11.8 Å². The van der Waals surface area contributed by atoms with E-state index < -0.39 is 6.09 Å². The van der Waals surface area contributed by atoms with E-state index in [1.807, 2.05) is 6.26 Å². The summed E-state index contributed by atoms with van der Waals surface area (Å²) < 4.78 is 10.6. The molecule has 0 fully saturated rings. The highest BCUT2D eigenvalue weighted by molar-refractivity contribution is 7.98. The second-order valence-corrected chi connectivity index (χ2v) is 4.79. The zero-order chi connectivity index (χ0) is 15.4. The van der Waals surface area contributed by atoms with E-state index >= 15 is 0 Å². The second kappa shape index (κ2) is 6.23. The maximum atomic E-state index is 10.8. The Bertz CT molecular complexity index is 678.